The van der Waals surface area contributed by atoms with Crippen molar-refractivity contribution < 1.29 is 18.0 Å². The average molecular weight is 264 g/mol. The molecule has 0 aromatic carbocycles. The summed E-state index contributed by atoms with van der Waals surface area (Å²) in [6.45, 7) is 1.38. The van der Waals surface area contributed by atoms with Crippen LogP contribution >= 0.6 is 0 Å². The van der Waals surface area contributed by atoms with Crippen LogP contribution in [0.5, 0.6) is 0 Å². The fourth-order valence-electron chi connectivity index (χ4n) is 3.00. The molecule has 2 aliphatic rings. The van der Waals surface area contributed by atoms with Crippen molar-refractivity contribution in [2.75, 3.05) is 13.1 Å². The SMILES string of the molecule is O=C(CC(F)(F)F)N1CCCCC1C1CCCN1. The van der Waals surface area contributed by atoms with Crippen LogP contribution in [-0.2, 0) is 4.79 Å². The van der Waals surface area contributed by atoms with Crippen LogP contribution in [0.4, 0.5) is 13.2 Å². The van der Waals surface area contributed by atoms with Crippen molar-refractivity contribution in [3.63, 3.8) is 0 Å². The zero-order valence-electron chi connectivity index (χ0n) is 10.3. The number of likely N-dealkylation sites (tertiary alicyclic amines) is 1. The van der Waals surface area contributed by atoms with Gasteiger partial charge in [-0.15, -0.1) is 0 Å². The van der Waals surface area contributed by atoms with Gasteiger partial charge < -0.3 is 10.2 Å². The van der Waals surface area contributed by atoms with E-state index in [0.717, 1.165) is 38.6 Å². The lowest BCUT2D eigenvalue weighted by atomic mass is 9.94. The number of nitrogens with zero attached hydrogens (tertiary/aromatic N) is 1. The number of carbonyl (C=O) groups is 1. The van der Waals surface area contributed by atoms with Gasteiger partial charge >= 0.3 is 6.18 Å². The van der Waals surface area contributed by atoms with Crippen LogP contribution < -0.4 is 5.32 Å². The Kier molecular flexibility index (Phi) is 4.14. The Morgan fingerprint density at radius 1 is 1.22 bits per heavy atom. The van der Waals surface area contributed by atoms with Gasteiger partial charge in [0.05, 0.1) is 0 Å². The standard InChI is InChI=1S/C12H19F3N2O/c13-12(14,15)8-11(18)17-7-2-1-5-10(17)9-4-3-6-16-9/h9-10,16H,1-8H2. The summed E-state index contributed by atoms with van der Waals surface area (Å²) in [6.07, 6.45) is -1.09. The van der Waals surface area contributed by atoms with Crippen LogP contribution in [-0.4, -0.2) is 42.2 Å². The highest BCUT2D eigenvalue weighted by molar-refractivity contribution is 5.77. The first-order valence-electron chi connectivity index (χ1n) is 6.57. The molecule has 6 heteroatoms. The van der Waals surface area contributed by atoms with E-state index in [4.69, 9.17) is 0 Å². The minimum absolute atomic E-state index is 0.0453. The van der Waals surface area contributed by atoms with E-state index in [0.29, 0.717) is 6.54 Å². The molecule has 0 spiro atoms. The molecule has 0 radical (unpaired) electrons. The van der Waals surface area contributed by atoms with Gasteiger partial charge in [-0.2, -0.15) is 13.2 Å². The molecule has 2 saturated heterocycles. The van der Waals surface area contributed by atoms with Crippen molar-refractivity contribution in [1.82, 2.24) is 10.2 Å². The highest BCUT2D eigenvalue weighted by Gasteiger charge is 2.39. The summed E-state index contributed by atoms with van der Waals surface area (Å²) in [6, 6.07) is 0.138. The molecule has 0 aromatic heterocycles. The maximum Gasteiger partial charge on any atom is 0.397 e. The molecule has 0 aliphatic carbocycles. The largest absolute Gasteiger partial charge is 0.397 e. The summed E-state index contributed by atoms with van der Waals surface area (Å²) in [4.78, 5) is 13.2. The Morgan fingerprint density at radius 3 is 2.61 bits per heavy atom. The minimum Gasteiger partial charge on any atom is -0.338 e. The van der Waals surface area contributed by atoms with Crippen molar-refractivity contribution in [3.05, 3.63) is 0 Å². The van der Waals surface area contributed by atoms with E-state index in [-0.39, 0.29) is 12.1 Å². The van der Waals surface area contributed by atoms with Gasteiger partial charge in [0.1, 0.15) is 6.42 Å². The minimum atomic E-state index is -4.40. The molecule has 0 bridgehead atoms. The summed E-state index contributed by atoms with van der Waals surface area (Å²) >= 11 is 0. The van der Waals surface area contributed by atoms with E-state index >= 15 is 0 Å². The molecule has 2 atom stereocenters. The highest BCUT2D eigenvalue weighted by atomic mass is 19.4. The number of hydrogen-bond donors (Lipinski definition) is 1. The van der Waals surface area contributed by atoms with Gasteiger partial charge in [0.15, 0.2) is 0 Å². The average Bonchev–Trinajstić information content (AvgIpc) is 2.80. The van der Waals surface area contributed by atoms with Crippen LogP contribution in [0.3, 0.4) is 0 Å². The van der Waals surface area contributed by atoms with E-state index in [1.54, 1.807) is 0 Å². The van der Waals surface area contributed by atoms with E-state index in [1.165, 1.54) is 4.90 Å². The summed E-state index contributed by atoms with van der Waals surface area (Å²) in [7, 11) is 0. The molecular formula is C12H19F3N2O. The Bertz CT molecular complexity index is 300. The second-order valence-corrected chi connectivity index (χ2v) is 5.15. The first kappa shape index (κ1) is 13.6. The van der Waals surface area contributed by atoms with E-state index in [1.807, 2.05) is 0 Å². The Balaban J connectivity index is 2.00. The first-order valence-corrected chi connectivity index (χ1v) is 6.57. The van der Waals surface area contributed by atoms with Crippen LogP contribution in [0.1, 0.15) is 38.5 Å². The highest BCUT2D eigenvalue weighted by Crippen LogP contribution is 2.27. The topological polar surface area (TPSA) is 32.3 Å². The molecule has 104 valence electrons. The molecule has 1 amide bonds. The third-order valence-electron chi connectivity index (χ3n) is 3.78. The number of alkyl halides is 3. The number of halogens is 3. The molecule has 2 unspecified atom stereocenters. The van der Waals surface area contributed by atoms with E-state index in [9.17, 15) is 18.0 Å². The number of amides is 1. The molecule has 2 aliphatic heterocycles. The predicted molar refractivity (Wildman–Crippen MR) is 61.0 cm³/mol. The molecule has 0 saturated carbocycles. The number of hydrogen-bond acceptors (Lipinski definition) is 2. The number of nitrogens with one attached hydrogen (secondary N) is 1. The van der Waals surface area contributed by atoms with Crippen LogP contribution in [0.15, 0.2) is 0 Å². The molecule has 0 aromatic rings. The lowest BCUT2D eigenvalue weighted by Gasteiger charge is -2.39. The van der Waals surface area contributed by atoms with Gasteiger partial charge in [0, 0.05) is 18.6 Å². The zero-order chi connectivity index (χ0) is 13.2. The maximum absolute atomic E-state index is 12.3. The molecule has 2 heterocycles. The van der Waals surface area contributed by atoms with Crippen molar-refractivity contribution in [1.29, 1.82) is 0 Å². The monoisotopic (exact) mass is 264 g/mol. The smallest absolute Gasteiger partial charge is 0.338 e. The van der Waals surface area contributed by atoms with Crippen molar-refractivity contribution in [2.24, 2.45) is 0 Å². The van der Waals surface area contributed by atoms with Gasteiger partial charge in [-0.25, -0.2) is 0 Å². The lowest BCUT2D eigenvalue weighted by molar-refractivity contribution is -0.164. The van der Waals surface area contributed by atoms with Crippen molar-refractivity contribution in [3.8, 4) is 0 Å². The zero-order valence-corrected chi connectivity index (χ0v) is 10.3. The van der Waals surface area contributed by atoms with Gasteiger partial charge in [-0.3, -0.25) is 4.79 Å². The third kappa shape index (κ3) is 3.37. The van der Waals surface area contributed by atoms with E-state index in [2.05, 4.69) is 5.32 Å². The Hall–Kier alpha value is -0.780. The van der Waals surface area contributed by atoms with Crippen molar-refractivity contribution in [2.45, 2.75) is 56.8 Å². The summed E-state index contributed by atoms with van der Waals surface area (Å²) < 4.78 is 36.9. The van der Waals surface area contributed by atoms with E-state index < -0.39 is 18.5 Å². The predicted octanol–water partition coefficient (Wildman–Crippen LogP) is 2.07. The van der Waals surface area contributed by atoms with Gasteiger partial charge in [-0.1, -0.05) is 0 Å². The fraction of sp³-hybridized carbons (Fsp3) is 0.917. The summed E-state index contributed by atoms with van der Waals surface area (Å²) in [5, 5.41) is 3.30. The molecule has 2 rings (SSSR count). The van der Waals surface area contributed by atoms with Crippen LogP contribution in [0.2, 0.25) is 0 Å². The summed E-state index contributed by atoms with van der Waals surface area (Å²) in [5.41, 5.74) is 0. The quantitative estimate of drug-likeness (QED) is 0.828. The normalized spacial score (nSPS) is 29.6. The van der Waals surface area contributed by atoms with Gasteiger partial charge in [-0.05, 0) is 38.6 Å². The van der Waals surface area contributed by atoms with Gasteiger partial charge in [0.2, 0.25) is 5.91 Å². The number of rotatable bonds is 2. The lowest BCUT2D eigenvalue weighted by Crippen LogP contribution is -2.53. The molecule has 3 nitrogen and oxygen atoms in total. The Morgan fingerprint density at radius 2 is 2.00 bits per heavy atom. The Labute approximate surface area is 105 Å². The second kappa shape index (κ2) is 5.47. The van der Waals surface area contributed by atoms with Crippen LogP contribution in [0.25, 0.3) is 0 Å². The fourth-order valence-corrected chi connectivity index (χ4v) is 3.00. The third-order valence-corrected chi connectivity index (χ3v) is 3.78. The molecular weight excluding hydrogens is 245 g/mol. The molecule has 18 heavy (non-hydrogen) atoms. The maximum atomic E-state index is 12.3. The van der Waals surface area contributed by atoms with Crippen LogP contribution in [0, 0.1) is 0 Å². The number of carbonyl (C=O) groups excluding carboxylic acids is 1. The molecule has 1 N–H and O–H groups in total. The number of piperidine rings is 1. The van der Waals surface area contributed by atoms with Gasteiger partial charge in [0.25, 0.3) is 0 Å². The second-order valence-electron chi connectivity index (χ2n) is 5.15. The van der Waals surface area contributed by atoms with Crippen molar-refractivity contribution >= 4 is 5.91 Å². The summed E-state index contributed by atoms with van der Waals surface area (Å²) in [5.74, 6) is -0.763. The molecule has 2 fully saturated rings. The first-order chi connectivity index (χ1) is 8.47.